The second-order valence-corrected chi connectivity index (χ2v) is 24.8. The van der Waals surface area contributed by atoms with Crippen molar-refractivity contribution < 1.29 is 0 Å². The fourth-order valence-electron chi connectivity index (χ4n) is 5.50. The number of amidine groups is 1. The topological polar surface area (TPSA) is 24.4 Å². The van der Waals surface area contributed by atoms with Gasteiger partial charge in [-0.05, 0) is 119 Å². The fraction of sp³-hybridized carbons (Fsp3) is 0.909. The van der Waals surface area contributed by atoms with Gasteiger partial charge < -0.3 is 5.32 Å². The van der Waals surface area contributed by atoms with Crippen molar-refractivity contribution in [1.82, 2.24) is 5.32 Å². The van der Waals surface area contributed by atoms with E-state index in [4.69, 9.17) is 0 Å². The lowest BCUT2D eigenvalue weighted by atomic mass is 9.80. The van der Waals surface area contributed by atoms with Crippen LogP contribution in [0.5, 0.6) is 0 Å². The van der Waals surface area contributed by atoms with Crippen LogP contribution in [0.1, 0.15) is 282 Å². The molecule has 354 valence electrons. The Labute approximate surface area is 370 Å². The molecule has 1 N–H and O–H groups in total. The van der Waals surface area contributed by atoms with Crippen molar-refractivity contribution in [3.8, 4) is 0 Å². The van der Waals surface area contributed by atoms with Gasteiger partial charge in [0.25, 0.3) is 0 Å². The average molecular weight is 814 g/mol. The van der Waals surface area contributed by atoms with Gasteiger partial charge in [-0.3, -0.25) is 4.99 Å². The highest BCUT2D eigenvalue weighted by atomic mass is 15.1. The molecule has 0 aromatic heterocycles. The van der Waals surface area contributed by atoms with Gasteiger partial charge in [-0.25, -0.2) is 0 Å². The van der Waals surface area contributed by atoms with Crippen LogP contribution >= 0.6 is 0 Å². The van der Waals surface area contributed by atoms with E-state index in [1.807, 2.05) is 20.8 Å². The SMILES string of the molecule is C.C.C.C.CC.CC(/C=C\C(C)(C)C)=C/C(C)(C)C.CC(=NC(C)(C)C)NC(C)(C)C.CC(C)(C)CCCCCC(C)(C)C.CC(CCC(C)(C)C)CC(C)(C)C. The van der Waals surface area contributed by atoms with Gasteiger partial charge in [-0.2, -0.15) is 0 Å². The molecule has 0 aliphatic heterocycles. The highest BCUT2D eigenvalue weighted by Crippen LogP contribution is 2.31. The van der Waals surface area contributed by atoms with Crippen molar-refractivity contribution in [3.05, 3.63) is 23.8 Å². The number of aliphatic imine (C=N–C) groups is 1. The van der Waals surface area contributed by atoms with Crippen LogP contribution in [0.3, 0.4) is 0 Å². The minimum atomic E-state index is 0. The Hall–Kier alpha value is -1.05. The van der Waals surface area contributed by atoms with Crippen LogP contribution < -0.4 is 5.32 Å². The van der Waals surface area contributed by atoms with Crippen LogP contribution in [0.4, 0.5) is 0 Å². The van der Waals surface area contributed by atoms with Crippen LogP contribution in [0.25, 0.3) is 0 Å². The van der Waals surface area contributed by atoms with Gasteiger partial charge in [0, 0.05) is 5.54 Å². The van der Waals surface area contributed by atoms with E-state index >= 15 is 0 Å². The number of nitrogens with zero attached hydrogens (tertiary/aromatic N) is 1. The Morgan fingerprint density at radius 2 is 0.860 bits per heavy atom. The van der Waals surface area contributed by atoms with Crippen molar-refractivity contribution in [3.63, 3.8) is 0 Å². The third-order valence-electron chi connectivity index (χ3n) is 7.27. The molecule has 2 heteroatoms. The van der Waals surface area contributed by atoms with Gasteiger partial charge >= 0.3 is 0 Å². The molecule has 0 saturated carbocycles. The van der Waals surface area contributed by atoms with Crippen molar-refractivity contribution >= 4 is 5.84 Å². The summed E-state index contributed by atoms with van der Waals surface area (Å²) in [6.07, 6.45) is 17.8. The molecule has 0 spiro atoms. The molecule has 0 radical (unpaired) electrons. The van der Waals surface area contributed by atoms with Gasteiger partial charge in [0.05, 0.1) is 11.4 Å². The lowest BCUT2D eigenvalue weighted by Gasteiger charge is -2.26. The van der Waals surface area contributed by atoms with E-state index in [0.29, 0.717) is 21.7 Å². The number of unbranched alkanes of at least 4 members (excludes halogenated alkanes) is 2. The lowest BCUT2D eigenvalue weighted by molar-refractivity contribution is 0.260. The Bertz CT molecular complexity index is 931. The normalized spacial score (nSPS) is 13.4. The number of hydrogen-bond donors (Lipinski definition) is 1. The summed E-state index contributed by atoms with van der Waals surface area (Å²) >= 11 is 0. The number of nitrogens with one attached hydrogen (secondary N) is 1. The molecule has 0 aliphatic rings. The van der Waals surface area contributed by atoms with E-state index < -0.39 is 0 Å². The molecule has 0 fully saturated rings. The minimum absolute atomic E-state index is 0. The molecule has 1 unspecified atom stereocenters. The first-order valence-electron chi connectivity index (χ1n) is 21.7. The standard InChI is InChI=1S/C13H28.C13H24.C13H28.C10H22N2.C2H6.4CH4/c2*1-11(10-13(5,6)7)8-9-12(2,3)4;1-12(2,3)10-8-7-9-11-13(4,5)6;1-8(11-9(2,3)4)12-10(5,6)7;1-2;;;;/h11H,8-10H2,1-7H3;8-10H,1-7H3;7-11H2,1-6H3;1-7H3,(H,11,12);1-2H3;4*1H4/b;9-8-,11-10-;;;;;;;. The number of rotatable bonds is 8. The largest absolute Gasteiger partial charge is 0.369 e. The zero-order valence-corrected chi connectivity index (χ0v) is 42.9. The Kier molecular flexibility index (Phi) is 45.2. The Morgan fingerprint density at radius 3 is 1.11 bits per heavy atom. The first-order chi connectivity index (χ1) is 23.0. The number of allylic oxidation sites excluding steroid dienone is 4. The average Bonchev–Trinajstić information content (AvgIpc) is 2.82. The summed E-state index contributed by atoms with van der Waals surface area (Å²) in [5.41, 5.74) is 4.11. The summed E-state index contributed by atoms with van der Waals surface area (Å²) in [5, 5.41) is 3.33. The minimum Gasteiger partial charge on any atom is -0.369 e. The molecule has 0 aromatic rings. The third-order valence-corrected chi connectivity index (χ3v) is 7.27. The van der Waals surface area contributed by atoms with E-state index in [1.165, 1.54) is 56.9 Å². The Morgan fingerprint density at radius 1 is 0.509 bits per heavy atom. The first-order valence-corrected chi connectivity index (χ1v) is 21.7. The maximum atomic E-state index is 4.50. The van der Waals surface area contributed by atoms with Crippen molar-refractivity contribution in [2.75, 3.05) is 0 Å². The first kappa shape index (κ1) is 76.6. The summed E-state index contributed by atoms with van der Waals surface area (Å²) in [6, 6.07) is 0. The van der Waals surface area contributed by atoms with Gasteiger partial charge in [0.15, 0.2) is 0 Å². The summed E-state index contributed by atoms with van der Waals surface area (Å²) in [7, 11) is 0. The summed E-state index contributed by atoms with van der Waals surface area (Å²) in [6.45, 7) is 64.5. The molecule has 57 heavy (non-hydrogen) atoms. The van der Waals surface area contributed by atoms with Crippen molar-refractivity contribution in [1.29, 1.82) is 0 Å². The maximum absolute atomic E-state index is 4.50. The quantitative estimate of drug-likeness (QED) is 0.112. The molecule has 0 rings (SSSR count). The molecular formula is C55H124N2. The molecular weight excluding hydrogens is 689 g/mol. The lowest BCUT2D eigenvalue weighted by Crippen LogP contribution is -2.40. The monoisotopic (exact) mass is 813 g/mol. The Balaban J connectivity index is -0.0000000741. The van der Waals surface area contributed by atoms with Crippen LogP contribution in [0, 0.1) is 38.4 Å². The molecule has 0 saturated heterocycles. The van der Waals surface area contributed by atoms with E-state index in [2.05, 4.69) is 209 Å². The molecule has 2 nitrogen and oxygen atoms in total. The molecule has 0 amide bonds. The highest BCUT2D eigenvalue weighted by Gasteiger charge is 2.18. The molecule has 0 heterocycles. The zero-order chi connectivity index (χ0) is 43.9. The predicted octanol–water partition coefficient (Wildman–Crippen LogP) is 20.7. The summed E-state index contributed by atoms with van der Waals surface area (Å²) in [4.78, 5) is 4.50. The van der Waals surface area contributed by atoms with Crippen molar-refractivity contribution in [2.24, 2.45) is 43.4 Å². The highest BCUT2D eigenvalue weighted by molar-refractivity contribution is 5.80. The van der Waals surface area contributed by atoms with Crippen LogP contribution in [-0.2, 0) is 0 Å². The van der Waals surface area contributed by atoms with E-state index in [9.17, 15) is 0 Å². The third kappa shape index (κ3) is 91.9. The zero-order valence-electron chi connectivity index (χ0n) is 42.9. The molecule has 1 atom stereocenters. The van der Waals surface area contributed by atoms with Crippen LogP contribution in [0.2, 0.25) is 0 Å². The van der Waals surface area contributed by atoms with Gasteiger partial charge in [-0.1, -0.05) is 225 Å². The summed E-state index contributed by atoms with van der Waals surface area (Å²) in [5.74, 6) is 1.88. The van der Waals surface area contributed by atoms with Gasteiger partial charge in [0.1, 0.15) is 0 Å². The van der Waals surface area contributed by atoms with Crippen LogP contribution in [0.15, 0.2) is 28.8 Å². The van der Waals surface area contributed by atoms with Gasteiger partial charge in [-0.15, -0.1) is 0 Å². The molecule has 0 aromatic carbocycles. The van der Waals surface area contributed by atoms with E-state index in [1.54, 1.807) is 0 Å². The molecule has 0 aliphatic carbocycles. The second kappa shape index (κ2) is 33.6. The second-order valence-electron chi connectivity index (χ2n) is 24.8. The van der Waals surface area contributed by atoms with E-state index in [0.717, 1.165) is 11.8 Å². The van der Waals surface area contributed by atoms with Gasteiger partial charge in [0.2, 0.25) is 0 Å². The number of hydrogen-bond acceptors (Lipinski definition) is 1. The molecule has 0 bridgehead atoms. The smallest absolute Gasteiger partial charge is 0.0942 e. The fourth-order valence-corrected chi connectivity index (χ4v) is 5.50. The van der Waals surface area contributed by atoms with E-state index in [-0.39, 0.29) is 51.6 Å². The van der Waals surface area contributed by atoms with Crippen LogP contribution in [-0.4, -0.2) is 16.9 Å². The van der Waals surface area contributed by atoms with Crippen molar-refractivity contribution in [2.45, 2.75) is 293 Å². The predicted molar refractivity (Wildman–Crippen MR) is 280 cm³/mol. The summed E-state index contributed by atoms with van der Waals surface area (Å²) < 4.78 is 0. The maximum Gasteiger partial charge on any atom is 0.0942 e.